The molecule has 0 N–H and O–H groups in total. The van der Waals surface area contributed by atoms with Crippen molar-refractivity contribution in [2.75, 3.05) is 44.8 Å². The molecule has 1 aromatic rings. The Labute approximate surface area is 156 Å². The van der Waals surface area contributed by atoms with Crippen molar-refractivity contribution in [3.05, 3.63) is 24.3 Å². The Kier molecular flexibility index (Phi) is 5.99. The normalized spacial score (nSPS) is 23.0. The molecule has 2 heterocycles. The molecule has 1 aromatic carbocycles. The van der Waals surface area contributed by atoms with Crippen LogP contribution in [0.15, 0.2) is 29.2 Å². The summed E-state index contributed by atoms with van der Waals surface area (Å²) in [5, 5.41) is 0. The predicted octanol–water partition coefficient (Wildman–Crippen LogP) is 0.687. The van der Waals surface area contributed by atoms with E-state index in [1.807, 2.05) is 0 Å². The molecule has 144 valence electrons. The standard InChI is InChI=1S/C17H24N2O5S2/c1-24-15-4-6-16(7-5-15)26(22,23)19-8-2-3-14(13-19)17(20)18-9-11-25(21)12-10-18/h4-7,14H,2-3,8-13H2,1H3. The van der Waals surface area contributed by atoms with Crippen LogP contribution < -0.4 is 4.74 Å². The van der Waals surface area contributed by atoms with Gasteiger partial charge in [-0.05, 0) is 37.1 Å². The van der Waals surface area contributed by atoms with E-state index in [9.17, 15) is 17.4 Å². The topological polar surface area (TPSA) is 84.0 Å². The SMILES string of the molecule is COc1ccc(S(=O)(=O)N2CCCC(C(=O)N3CCS(=O)CC3)C2)cc1. The Bertz CT molecular complexity index is 769. The highest BCUT2D eigenvalue weighted by atomic mass is 32.2. The average molecular weight is 401 g/mol. The molecule has 0 aromatic heterocycles. The summed E-state index contributed by atoms with van der Waals surface area (Å²) in [4.78, 5) is 14.7. The van der Waals surface area contributed by atoms with Crippen LogP contribution in [-0.4, -0.2) is 72.5 Å². The van der Waals surface area contributed by atoms with Gasteiger partial charge in [0, 0.05) is 48.5 Å². The van der Waals surface area contributed by atoms with Gasteiger partial charge in [0.2, 0.25) is 15.9 Å². The van der Waals surface area contributed by atoms with Crippen molar-refractivity contribution < 1.29 is 22.2 Å². The molecular weight excluding hydrogens is 376 g/mol. The van der Waals surface area contributed by atoms with Crippen LogP contribution in [0.1, 0.15) is 12.8 Å². The van der Waals surface area contributed by atoms with Gasteiger partial charge in [0.05, 0.1) is 17.9 Å². The molecule has 9 heteroatoms. The minimum Gasteiger partial charge on any atom is -0.497 e. The first-order chi connectivity index (χ1) is 12.4. The van der Waals surface area contributed by atoms with Gasteiger partial charge < -0.3 is 9.64 Å². The lowest BCUT2D eigenvalue weighted by atomic mass is 9.98. The second-order valence-corrected chi connectivity index (χ2v) is 10.2. The fourth-order valence-electron chi connectivity index (χ4n) is 3.38. The maximum absolute atomic E-state index is 12.9. The summed E-state index contributed by atoms with van der Waals surface area (Å²) in [6.45, 7) is 1.61. The molecule has 2 aliphatic heterocycles. The van der Waals surface area contributed by atoms with Crippen LogP contribution in [0.5, 0.6) is 5.75 Å². The highest BCUT2D eigenvalue weighted by Gasteiger charge is 2.35. The summed E-state index contributed by atoms with van der Waals surface area (Å²) in [7, 11) is -2.95. The first-order valence-electron chi connectivity index (χ1n) is 8.70. The van der Waals surface area contributed by atoms with E-state index in [0.717, 1.165) is 0 Å². The Morgan fingerprint density at radius 3 is 2.42 bits per heavy atom. The predicted molar refractivity (Wildman–Crippen MR) is 98.9 cm³/mol. The van der Waals surface area contributed by atoms with E-state index in [2.05, 4.69) is 0 Å². The van der Waals surface area contributed by atoms with Gasteiger partial charge in [-0.3, -0.25) is 9.00 Å². The number of hydrogen-bond acceptors (Lipinski definition) is 5. The summed E-state index contributed by atoms with van der Waals surface area (Å²) < 4.78 is 43.7. The minimum atomic E-state index is -3.63. The second-order valence-electron chi connectivity index (χ2n) is 6.55. The van der Waals surface area contributed by atoms with Gasteiger partial charge in [0.1, 0.15) is 5.75 Å². The third-order valence-corrected chi connectivity index (χ3v) is 8.08. The lowest BCUT2D eigenvalue weighted by Crippen LogP contribution is -2.49. The number of rotatable bonds is 4. The number of methoxy groups -OCH3 is 1. The van der Waals surface area contributed by atoms with E-state index in [4.69, 9.17) is 4.74 Å². The molecule has 0 aliphatic carbocycles. The minimum absolute atomic E-state index is 0.0173. The third kappa shape index (κ3) is 4.10. The quantitative estimate of drug-likeness (QED) is 0.742. The van der Waals surface area contributed by atoms with Gasteiger partial charge in [-0.25, -0.2) is 8.42 Å². The number of benzene rings is 1. The monoisotopic (exact) mass is 400 g/mol. The Morgan fingerprint density at radius 2 is 1.81 bits per heavy atom. The molecule has 0 radical (unpaired) electrons. The van der Waals surface area contributed by atoms with Gasteiger partial charge in [-0.2, -0.15) is 4.31 Å². The largest absolute Gasteiger partial charge is 0.497 e. The van der Waals surface area contributed by atoms with Crippen LogP contribution in [0, 0.1) is 5.92 Å². The smallest absolute Gasteiger partial charge is 0.243 e. The van der Waals surface area contributed by atoms with E-state index in [1.165, 1.54) is 23.5 Å². The number of nitrogens with zero attached hydrogens (tertiary/aromatic N) is 2. The summed E-state index contributed by atoms with van der Waals surface area (Å²) >= 11 is 0. The zero-order valence-electron chi connectivity index (χ0n) is 14.8. The molecule has 2 saturated heterocycles. The van der Waals surface area contributed by atoms with Gasteiger partial charge >= 0.3 is 0 Å². The van der Waals surface area contributed by atoms with E-state index >= 15 is 0 Å². The molecule has 0 spiro atoms. The number of carbonyl (C=O) groups is 1. The molecule has 0 saturated carbocycles. The van der Waals surface area contributed by atoms with E-state index in [0.29, 0.717) is 49.7 Å². The van der Waals surface area contributed by atoms with Crippen molar-refractivity contribution in [1.82, 2.24) is 9.21 Å². The molecule has 1 atom stereocenters. The highest BCUT2D eigenvalue weighted by molar-refractivity contribution is 7.89. The lowest BCUT2D eigenvalue weighted by molar-refractivity contribution is -0.136. The fraction of sp³-hybridized carbons (Fsp3) is 0.588. The zero-order chi connectivity index (χ0) is 18.7. The van der Waals surface area contributed by atoms with Crippen LogP contribution in [0.2, 0.25) is 0 Å². The molecule has 7 nitrogen and oxygen atoms in total. The number of ether oxygens (including phenoxy) is 1. The Balaban J connectivity index is 1.70. The lowest BCUT2D eigenvalue weighted by Gasteiger charge is -2.35. The van der Waals surface area contributed by atoms with Gasteiger partial charge in [-0.15, -0.1) is 0 Å². The zero-order valence-corrected chi connectivity index (χ0v) is 16.4. The molecule has 1 unspecified atom stereocenters. The van der Waals surface area contributed by atoms with Crippen molar-refractivity contribution in [2.45, 2.75) is 17.7 Å². The van der Waals surface area contributed by atoms with Crippen molar-refractivity contribution in [3.63, 3.8) is 0 Å². The highest BCUT2D eigenvalue weighted by Crippen LogP contribution is 2.26. The van der Waals surface area contributed by atoms with Crippen LogP contribution in [-0.2, 0) is 25.6 Å². The maximum Gasteiger partial charge on any atom is 0.243 e. The molecule has 2 aliphatic rings. The first kappa shape index (κ1) is 19.3. The molecule has 0 bridgehead atoms. The molecule has 1 amide bonds. The summed E-state index contributed by atoms with van der Waals surface area (Å²) in [6.07, 6.45) is 1.35. The summed E-state index contributed by atoms with van der Waals surface area (Å²) in [5.41, 5.74) is 0. The van der Waals surface area contributed by atoms with Crippen molar-refractivity contribution in [3.8, 4) is 5.75 Å². The van der Waals surface area contributed by atoms with Crippen molar-refractivity contribution in [1.29, 1.82) is 0 Å². The second kappa shape index (κ2) is 8.06. The third-order valence-electron chi connectivity index (χ3n) is 4.92. The number of piperidine rings is 1. The molecule has 3 rings (SSSR count). The number of hydrogen-bond donors (Lipinski definition) is 0. The summed E-state index contributed by atoms with van der Waals surface area (Å²) in [5.74, 6) is 1.26. The van der Waals surface area contributed by atoms with Crippen LogP contribution in [0.3, 0.4) is 0 Å². The number of carbonyl (C=O) groups excluding carboxylic acids is 1. The molecular formula is C17H24N2O5S2. The van der Waals surface area contributed by atoms with E-state index in [-0.39, 0.29) is 23.3 Å². The fourth-order valence-corrected chi connectivity index (χ4v) is 5.95. The van der Waals surface area contributed by atoms with Gasteiger partial charge in [0.25, 0.3) is 0 Å². The average Bonchev–Trinajstić information content (AvgIpc) is 2.68. The summed E-state index contributed by atoms with van der Waals surface area (Å²) in [6, 6.07) is 6.29. The van der Waals surface area contributed by atoms with Gasteiger partial charge in [-0.1, -0.05) is 0 Å². The van der Waals surface area contributed by atoms with E-state index < -0.39 is 20.8 Å². The Morgan fingerprint density at radius 1 is 1.15 bits per heavy atom. The number of amides is 1. The number of sulfonamides is 1. The van der Waals surface area contributed by atoms with Crippen molar-refractivity contribution in [2.24, 2.45) is 5.92 Å². The van der Waals surface area contributed by atoms with Crippen LogP contribution >= 0.6 is 0 Å². The Hall–Kier alpha value is -1.45. The van der Waals surface area contributed by atoms with E-state index in [1.54, 1.807) is 17.0 Å². The maximum atomic E-state index is 12.9. The molecule has 2 fully saturated rings. The molecule has 26 heavy (non-hydrogen) atoms. The van der Waals surface area contributed by atoms with Crippen LogP contribution in [0.4, 0.5) is 0 Å². The van der Waals surface area contributed by atoms with Gasteiger partial charge in [0.15, 0.2) is 0 Å². The van der Waals surface area contributed by atoms with Crippen LogP contribution in [0.25, 0.3) is 0 Å². The first-order valence-corrected chi connectivity index (χ1v) is 11.6. The van der Waals surface area contributed by atoms with Crippen molar-refractivity contribution >= 4 is 26.7 Å².